The van der Waals surface area contributed by atoms with E-state index in [0.29, 0.717) is 34.8 Å². The maximum atomic E-state index is 12.4. The zero-order chi connectivity index (χ0) is 17.9. The van der Waals surface area contributed by atoms with Crippen molar-refractivity contribution in [3.8, 4) is 0 Å². The second-order valence-corrected chi connectivity index (χ2v) is 5.89. The highest BCUT2D eigenvalue weighted by atomic mass is 35.5. The molecule has 2 aromatic rings. The van der Waals surface area contributed by atoms with E-state index >= 15 is 0 Å². The Hall–Kier alpha value is -2.47. The molecular weight excluding hydrogens is 328 g/mol. The normalized spacial score (nSPS) is 10.4. The first kappa shape index (κ1) is 17.9. The Bertz CT molecular complexity index is 790. The average Bonchev–Trinajstić information content (AvgIpc) is 2.54. The van der Waals surface area contributed by atoms with Crippen molar-refractivity contribution >= 4 is 29.1 Å². The number of aromatic nitrogens is 2. The number of rotatable bonds is 4. The van der Waals surface area contributed by atoms with Crippen LogP contribution in [0.2, 0.25) is 5.02 Å². The molecule has 0 aliphatic rings. The van der Waals surface area contributed by atoms with Crippen molar-refractivity contribution in [2.75, 3.05) is 19.4 Å². The molecule has 126 valence electrons. The predicted molar refractivity (Wildman–Crippen MR) is 93.6 cm³/mol. The van der Waals surface area contributed by atoms with Gasteiger partial charge in [-0.3, -0.25) is 9.59 Å². The summed E-state index contributed by atoms with van der Waals surface area (Å²) in [6.07, 6.45) is 2.14. The van der Waals surface area contributed by atoms with E-state index in [9.17, 15) is 9.59 Å². The minimum absolute atomic E-state index is 0.196. The molecule has 0 saturated carbocycles. The third-order valence-electron chi connectivity index (χ3n) is 3.43. The Kier molecular flexibility index (Phi) is 5.51. The van der Waals surface area contributed by atoms with Gasteiger partial charge in [-0.05, 0) is 31.5 Å². The number of aryl methyl sites for hydroxylation is 2. The highest BCUT2D eigenvalue weighted by Crippen LogP contribution is 2.22. The fraction of sp³-hybridized carbons (Fsp3) is 0.294. The minimum Gasteiger partial charge on any atom is -0.345 e. The quantitative estimate of drug-likeness (QED) is 0.923. The van der Waals surface area contributed by atoms with Crippen molar-refractivity contribution < 1.29 is 9.59 Å². The third kappa shape index (κ3) is 3.89. The number of carbonyl (C=O) groups excluding carboxylic acids is 2. The number of hydrogen-bond donors (Lipinski definition) is 1. The first-order valence-corrected chi connectivity index (χ1v) is 7.86. The molecule has 0 spiro atoms. The zero-order valence-electron chi connectivity index (χ0n) is 14.1. The van der Waals surface area contributed by atoms with Gasteiger partial charge in [-0.2, -0.15) is 0 Å². The average molecular weight is 347 g/mol. The maximum absolute atomic E-state index is 12.4. The van der Waals surface area contributed by atoms with E-state index in [4.69, 9.17) is 11.6 Å². The van der Waals surface area contributed by atoms with E-state index in [1.54, 1.807) is 39.2 Å². The number of anilines is 1. The zero-order valence-corrected chi connectivity index (χ0v) is 14.8. The van der Waals surface area contributed by atoms with E-state index in [0.717, 1.165) is 0 Å². The molecule has 1 heterocycles. The van der Waals surface area contributed by atoms with Gasteiger partial charge in [0.15, 0.2) is 0 Å². The van der Waals surface area contributed by atoms with Crippen LogP contribution in [0.1, 0.15) is 39.2 Å². The van der Waals surface area contributed by atoms with Crippen molar-refractivity contribution in [2.45, 2.75) is 20.3 Å². The van der Waals surface area contributed by atoms with E-state index in [1.807, 2.05) is 6.92 Å². The van der Waals surface area contributed by atoms with Gasteiger partial charge in [0.25, 0.3) is 11.8 Å². The maximum Gasteiger partial charge on any atom is 0.259 e. The van der Waals surface area contributed by atoms with Crippen molar-refractivity contribution in [2.24, 2.45) is 0 Å². The van der Waals surface area contributed by atoms with Gasteiger partial charge < -0.3 is 10.2 Å². The van der Waals surface area contributed by atoms with Crippen molar-refractivity contribution in [1.82, 2.24) is 14.9 Å². The number of hydrogen-bond acceptors (Lipinski definition) is 4. The van der Waals surface area contributed by atoms with Crippen LogP contribution in [0, 0.1) is 6.92 Å². The lowest BCUT2D eigenvalue weighted by molar-refractivity contribution is 0.0827. The molecule has 1 N–H and O–H groups in total. The molecule has 0 saturated heterocycles. The van der Waals surface area contributed by atoms with Crippen LogP contribution >= 0.6 is 11.6 Å². The summed E-state index contributed by atoms with van der Waals surface area (Å²) in [6.45, 7) is 3.71. The van der Waals surface area contributed by atoms with Crippen molar-refractivity contribution in [1.29, 1.82) is 0 Å². The molecule has 1 aromatic heterocycles. The second kappa shape index (κ2) is 7.40. The lowest BCUT2D eigenvalue weighted by Crippen LogP contribution is -2.22. The minimum atomic E-state index is -0.311. The van der Waals surface area contributed by atoms with Gasteiger partial charge in [0.2, 0.25) is 0 Å². The number of carbonyl (C=O) groups is 2. The van der Waals surface area contributed by atoms with Crippen LogP contribution in [0.25, 0.3) is 0 Å². The number of halogens is 1. The summed E-state index contributed by atoms with van der Waals surface area (Å²) in [5.74, 6) is 0.116. The van der Waals surface area contributed by atoms with Crippen LogP contribution in [0.15, 0.2) is 24.4 Å². The van der Waals surface area contributed by atoms with Gasteiger partial charge in [0.05, 0.1) is 21.8 Å². The molecule has 0 aliphatic heterocycles. The van der Waals surface area contributed by atoms with Gasteiger partial charge in [0.1, 0.15) is 5.82 Å². The highest BCUT2D eigenvalue weighted by molar-refractivity contribution is 6.34. The number of nitrogens with zero attached hydrogens (tertiary/aromatic N) is 3. The molecule has 0 aliphatic carbocycles. The van der Waals surface area contributed by atoms with Crippen molar-refractivity contribution in [3.63, 3.8) is 0 Å². The fourth-order valence-corrected chi connectivity index (χ4v) is 2.44. The van der Waals surface area contributed by atoms with Gasteiger partial charge in [0, 0.05) is 26.0 Å². The standard InChI is InChI=1S/C17H19ClN4O2/c1-5-15-13(9-19-10(2)20-15)16(23)21-11-6-7-12(14(18)8-11)17(24)22(3)4/h6-9H,5H2,1-4H3,(H,21,23). The molecule has 0 fully saturated rings. The third-order valence-corrected chi connectivity index (χ3v) is 3.74. The van der Waals surface area contributed by atoms with E-state index in [-0.39, 0.29) is 16.8 Å². The Balaban J connectivity index is 2.24. The molecule has 2 amide bonds. The predicted octanol–water partition coefficient (Wildman–Crippen LogP) is 2.95. The molecule has 2 rings (SSSR count). The summed E-state index contributed by atoms with van der Waals surface area (Å²) in [4.78, 5) is 34.2. The van der Waals surface area contributed by atoms with E-state index in [1.165, 1.54) is 11.1 Å². The Morgan fingerprint density at radius 3 is 2.54 bits per heavy atom. The van der Waals surface area contributed by atoms with Crippen LogP contribution in [-0.4, -0.2) is 40.8 Å². The molecule has 7 heteroatoms. The highest BCUT2D eigenvalue weighted by Gasteiger charge is 2.16. The smallest absolute Gasteiger partial charge is 0.259 e. The molecule has 0 radical (unpaired) electrons. The Labute approximate surface area is 145 Å². The fourth-order valence-electron chi connectivity index (χ4n) is 2.18. The summed E-state index contributed by atoms with van der Waals surface area (Å²) >= 11 is 6.15. The Morgan fingerprint density at radius 2 is 1.96 bits per heavy atom. The first-order chi connectivity index (χ1) is 11.3. The van der Waals surface area contributed by atoms with Gasteiger partial charge >= 0.3 is 0 Å². The van der Waals surface area contributed by atoms with Crippen molar-refractivity contribution in [3.05, 3.63) is 52.1 Å². The lowest BCUT2D eigenvalue weighted by Gasteiger charge is -2.13. The SMILES string of the molecule is CCc1nc(C)ncc1C(=O)Nc1ccc(C(=O)N(C)C)c(Cl)c1. The van der Waals surface area contributed by atoms with E-state index < -0.39 is 0 Å². The monoisotopic (exact) mass is 346 g/mol. The van der Waals surface area contributed by atoms with Gasteiger partial charge in [-0.25, -0.2) is 9.97 Å². The number of nitrogens with one attached hydrogen (secondary N) is 1. The number of amides is 2. The molecule has 0 bridgehead atoms. The molecule has 24 heavy (non-hydrogen) atoms. The van der Waals surface area contributed by atoms with Crippen LogP contribution in [-0.2, 0) is 6.42 Å². The van der Waals surface area contributed by atoms with Crippen LogP contribution in [0.3, 0.4) is 0 Å². The lowest BCUT2D eigenvalue weighted by atomic mass is 10.1. The summed E-state index contributed by atoms with van der Waals surface area (Å²) in [6, 6.07) is 4.78. The van der Waals surface area contributed by atoms with Gasteiger partial charge in [-0.1, -0.05) is 18.5 Å². The van der Waals surface area contributed by atoms with E-state index in [2.05, 4.69) is 15.3 Å². The van der Waals surface area contributed by atoms with Gasteiger partial charge in [-0.15, -0.1) is 0 Å². The molecule has 0 atom stereocenters. The molecular formula is C17H19ClN4O2. The molecule has 6 nitrogen and oxygen atoms in total. The second-order valence-electron chi connectivity index (χ2n) is 5.48. The molecule has 1 aromatic carbocycles. The van der Waals surface area contributed by atoms with Crippen LogP contribution in [0.4, 0.5) is 5.69 Å². The Morgan fingerprint density at radius 1 is 1.25 bits per heavy atom. The summed E-state index contributed by atoms with van der Waals surface area (Å²) < 4.78 is 0. The summed E-state index contributed by atoms with van der Waals surface area (Å²) in [5.41, 5.74) is 1.99. The first-order valence-electron chi connectivity index (χ1n) is 7.48. The summed E-state index contributed by atoms with van der Waals surface area (Å²) in [5, 5.41) is 3.04. The largest absolute Gasteiger partial charge is 0.345 e. The topological polar surface area (TPSA) is 75.2 Å². The summed E-state index contributed by atoms with van der Waals surface area (Å²) in [7, 11) is 3.30. The van der Waals surface area contributed by atoms with Crippen LogP contribution < -0.4 is 5.32 Å². The van der Waals surface area contributed by atoms with Crippen LogP contribution in [0.5, 0.6) is 0 Å². The number of benzene rings is 1. The molecule has 0 unspecified atom stereocenters.